The molecule has 0 saturated carbocycles. The molecule has 0 aliphatic rings. The number of para-hydroxylation sites is 1. The first-order chi connectivity index (χ1) is 17.2. The zero-order valence-electron chi connectivity index (χ0n) is 19.7. The van der Waals surface area contributed by atoms with E-state index in [1.807, 2.05) is 0 Å². The lowest BCUT2D eigenvalue weighted by molar-refractivity contribution is -0.660. The molecule has 7 aromatic rings. The predicted octanol–water partition coefficient (Wildman–Crippen LogP) is 8.36. The lowest BCUT2D eigenvalue weighted by atomic mass is 9.92. The van der Waals surface area contributed by atoms with E-state index < -0.39 is 0 Å². The monoisotopic (exact) mass is 450 g/mol. The minimum Gasteiger partial charge on any atom is -0.455 e. The second kappa shape index (κ2) is 7.54. The molecule has 35 heavy (non-hydrogen) atoms. The Labute approximate surface area is 203 Å². The summed E-state index contributed by atoms with van der Waals surface area (Å²) < 4.78 is 8.76. The molecule has 0 fully saturated rings. The second-order valence-corrected chi connectivity index (χ2v) is 9.34. The normalized spacial score (nSPS) is 11.7. The Hall–Kier alpha value is -4.43. The minimum atomic E-state index is 0.928. The summed E-state index contributed by atoms with van der Waals surface area (Å²) in [6.07, 6.45) is 2.09. The predicted molar refractivity (Wildman–Crippen MR) is 146 cm³/mol. The molecule has 0 spiro atoms. The van der Waals surface area contributed by atoms with Gasteiger partial charge in [-0.05, 0) is 63.9 Å². The van der Waals surface area contributed by atoms with E-state index in [9.17, 15) is 0 Å². The van der Waals surface area contributed by atoms with Crippen molar-refractivity contribution in [2.24, 2.45) is 7.05 Å². The van der Waals surface area contributed by atoms with Crippen molar-refractivity contribution >= 4 is 43.5 Å². The maximum Gasteiger partial charge on any atom is 0.212 e. The third kappa shape index (κ3) is 3.00. The molecular formula is C33H24NO+. The summed E-state index contributed by atoms with van der Waals surface area (Å²) in [5.41, 5.74) is 7.83. The molecule has 0 aliphatic heterocycles. The molecule has 0 saturated heterocycles. The largest absolute Gasteiger partial charge is 0.455 e. The summed E-state index contributed by atoms with van der Waals surface area (Å²) in [5.74, 6) is 0. The molecule has 0 atom stereocenters. The van der Waals surface area contributed by atoms with Gasteiger partial charge in [-0.1, -0.05) is 66.7 Å². The zero-order valence-corrected chi connectivity index (χ0v) is 19.7. The average molecular weight is 451 g/mol. The summed E-state index contributed by atoms with van der Waals surface area (Å²) >= 11 is 0. The molecule has 0 bridgehead atoms. The van der Waals surface area contributed by atoms with Gasteiger partial charge in [0.25, 0.3) is 0 Å². The summed E-state index contributed by atoms with van der Waals surface area (Å²) in [7, 11) is 2.09. The van der Waals surface area contributed by atoms with E-state index in [0.29, 0.717) is 0 Å². The first-order valence-electron chi connectivity index (χ1n) is 12.0. The Bertz CT molecular complexity index is 1930. The van der Waals surface area contributed by atoms with Gasteiger partial charge in [0.15, 0.2) is 6.20 Å². The topological polar surface area (TPSA) is 17.0 Å². The van der Waals surface area contributed by atoms with E-state index in [0.717, 1.165) is 27.5 Å². The van der Waals surface area contributed by atoms with Crippen molar-refractivity contribution in [2.45, 2.75) is 6.92 Å². The van der Waals surface area contributed by atoms with Crippen LogP contribution in [0.15, 0.2) is 114 Å². The number of pyridine rings is 1. The number of aromatic nitrogens is 1. The highest BCUT2D eigenvalue weighted by molar-refractivity contribution is 6.18. The Balaban J connectivity index is 1.55. The van der Waals surface area contributed by atoms with Gasteiger partial charge in [-0.15, -0.1) is 0 Å². The van der Waals surface area contributed by atoms with Crippen LogP contribution in [-0.2, 0) is 7.05 Å². The standard InChI is InChI=1S/C33H24NO/c1-21-18-32-30(20-28(21)31-16-7-8-17-34(31)2)27-15-9-14-26(33(27)35-32)29-19-22-10-3-4-11-23(22)24-12-5-6-13-25(24)29/h3-20H,1-2H3/q+1. The smallest absolute Gasteiger partial charge is 0.212 e. The Morgan fingerprint density at radius 3 is 2.17 bits per heavy atom. The summed E-state index contributed by atoms with van der Waals surface area (Å²) in [6, 6.07) is 36.9. The van der Waals surface area contributed by atoms with E-state index in [4.69, 9.17) is 4.42 Å². The van der Waals surface area contributed by atoms with E-state index in [2.05, 4.69) is 128 Å². The van der Waals surface area contributed by atoms with Crippen molar-refractivity contribution in [1.29, 1.82) is 0 Å². The molecule has 2 heterocycles. The summed E-state index contributed by atoms with van der Waals surface area (Å²) in [4.78, 5) is 0. The van der Waals surface area contributed by atoms with Crippen LogP contribution in [-0.4, -0.2) is 0 Å². The number of rotatable bonds is 2. The minimum absolute atomic E-state index is 0.928. The Kier molecular flexibility index (Phi) is 4.31. The van der Waals surface area contributed by atoms with Gasteiger partial charge < -0.3 is 4.42 Å². The van der Waals surface area contributed by atoms with E-state index in [-0.39, 0.29) is 0 Å². The molecular weight excluding hydrogens is 426 g/mol. The van der Waals surface area contributed by atoms with Crippen LogP contribution in [0.3, 0.4) is 0 Å². The van der Waals surface area contributed by atoms with E-state index in [1.54, 1.807) is 0 Å². The number of furan rings is 1. The number of fused-ring (bicyclic) bond motifs is 6. The van der Waals surface area contributed by atoms with E-state index >= 15 is 0 Å². The van der Waals surface area contributed by atoms with Crippen molar-refractivity contribution in [2.75, 3.05) is 0 Å². The van der Waals surface area contributed by atoms with E-state index in [1.165, 1.54) is 43.9 Å². The molecule has 5 aromatic carbocycles. The van der Waals surface area contributed by atoms with Gasteiger partial charge in [0.2, 0.25) is 5.69 Å². The molecule has 0 N–H and O–H groups in total. The number of hydrogen-bond acceptors (Lipinski definition) is 1. The molecule has 7 rings (SSSR count). The maximum absolute atomic E-state index is 6.59. The summed E-state index contributed by atoms with van der Waals surface area (Å²) in [5, 5.41) is 7.32. The van der Waals surface area contributed by atoms with Gasteiger partial charge in [0, 0.05) is 34.0 Å². The molecule has 166 valence electrons. The molecule has 0 radical (unpaired) electrons. The first-order valence-corrected chi connectivity index (χ1v) is 12.0. The third-order valence-electron chi connectivity index (χ3n) is 7.23. The van der Waals surface area contributed by atoms with Gasteiger partial charge in [-0.2, -0.15) is 0 Å². The van der Waals surface area contributed by atoms with Crippen LogP contribution < -0.4 is 4.57 Å². The SMILES string of the molecule is Cc1cc2oc3c(-c4cc5ccccc5c5ccccc45)cccc3c2cc1-c1cccc[n+]1C. The Morgan fingerprint density at radius 2 is 1.31 bits per heavy atom. The van der Waals surface area contributed by atoms with Crippen LogP contribution in [0.5, 0.6) is 0 Å². The molecule has 2 heteroatoms. The van der Waals surface area contributed by atoms with Gasteiger partial charge in [0.05, 0.1) is 0 Å². The molecule has 0 unspecified atom stereocenters. The van der Waals surface area contributed by atoms with Crippen LogP contribution in [0, 0.1) is 6.92 Å². The third-order valence-corrected chi connectivity index (χ3v) is 7.23. The second-order valence-electron chi connectivity index (χ2n) is 9.34. The highest BCUT2D eigenvalue weighted by atomic mass is 16.3. The summed E-state index contributed by atoms with van der Waals surface area (Å²) in [6.45, 7) is 2.16. The molecule has 2 nitrogen and oxygen atoms in total. The number of hydrogen-bond donors (Lipinski definition) is 0. The first kappa shape index (κ1) is 20.0. The van der Waals surface area contributed by atoms with Gasteiger partial charge in [0.1, 0.15) is 18.2 Å². The fourth-order valence-electron chi connectivity index (χ4n) is 5.51. The van der Waals surface area contributed by atoms with Crippen molar-refractivity contribution < 1.29 is 8.98 Å². The quantitative estimate of drug-likeness (QED) is 0.191. The van der Waals surface area contributed by atoms with Crippen LogP contribution >= 0.6 is 0 Å². The van der Waals surface area contributed by atoms with Crippen LogP contribution in [0.1, 0.15) is 5.56 Å². The zero-order chi connectivity index (χ0) is 23.5. The van der Waals surface area contributed by atoms with Crippen molar-refractivity contribution in [1.82, 2.24) is 0 Å². The number of nitrogens with zero attached hydrogens (tertiary/aromatic N) is 1. The highest BCUT2D eigenvalue weighted by Crippen LogP contribution is 2.41. The lowest BCUT2D eigenvalue weighted by Crippen LogP contribution is -2.30. The van der Waals surface area contributed by atoms with Crippen LogP contribution in [0.2, 0.25) is 0 Å². The number of aryl methyl sites for hydroxylation is 2. The lowest BCUT2D eigenvalue weighted by Gasteiger charge is -2.11. The van der Waals surface area contributed by atoms with Crippen molar-refractivity contribution in [3.63, 3.8) is 0 Å². The maximum atomic E-state index is 6.59. The number of benzene rings is 5. The fraction of sp³-hybridized carbons (Fsp3) is 0.0606. The fourth-order valence-corrected chi connectivity index (χ4v) is 5.51. The highest BCUT2D eigenvalue weighted by Gasteiger charge is 2.19. The van der Waals surface area contributed by atoms with Gasteiger partial charge in [-0.25, -0.2) is 4.57 Å². The Morgan fingerprint density at radius 1 is 0.571 bits per heavy atom. The van der Waals surface area contributed by atoms with Crippen molar-refractivity contribution in [3.05, 3.63) is 115 Å². The average Bonchev–Trinajstić information content (AvgIpc) is 3.25. The van der Waals surface area contributed by atoms with Crippen LogP contribution in [0.4, 0.5) is 0 Å². The van der Waals surface area contributed by atoms with Crippen LogP contribution in [0.25, 0.3) is 65.9 Å². The molecule has 0 amide bonds. The molecule has 0 aliphatic carbocycles. The molecule has 2 aromatic heterocycles. The van der Waals surface area contributed by atoms with Gasteiger partial charge in [-0.3, -0.25) is 0 Å². The van der Waals surface area contributed by atoms with Crippen molar-refractivity contribution in [3.8, 4) is 22.4 Å². The van der Waals surface area contributed by atoms with Gasteiger partial charge >= 0.3 is 0 Å².